The van der Waals surface area contributed by atoms with Crippen molar-refractivity contribution in [1.29, 1.82) is 0 Å². The van der Waals surface area contributed by atoms with Crippen LogP contribution in [-0.2, 0) is 20.2 Å². The molecule has 3 aromatic rings. The highest BCUT2D eigenvalue weighted by Crippen LogP contribution is 2.40. The lowest BCUT2D eigenvalue weighted by Crippen LogP contribution is -2.51. The van der Waals surface area contributed by atoms with E-state index in [0.29, 0.717) is 11.4 Å². The van der Waals surface area contributed by atoms with Crippen LogP contribution in [0.2, 0.25) is 0 Å². The van der Waals surface area contributed by atoms with Crippen LogP contribution in [-0.4, -0.2) is 40.1 Å². The van der Waals surface area contributed by atoms with Crippen LogP contribution in [0.5, 0.6) is 11.5 Å². The highest BCUT2D eigenvalue weighted by atomic mass is 32.2. The van der Waals surface area contributed by atoms with Gasteiger partial charge in [-0.05, 0) is 59.9 Å². The third-order valence-corrected chi connectivity index (χ3v) is 7.77. The van der Waals surface area contributed by atoms with Gasteiger partial charge in [-0.15, -0.1) is 0 Å². The maximum Gasteiger partial charge on any atom is 0.264 e. The molecule has 1 unspecified atom stereocenters. The molecule has 0 aromatic heterocycles. The number of anilines is 1. The fourth-order valence-corrected chi connectivity index (χ4v) is 5.45. The average Bonchev–Trinajstić information content (AvgIpc) is 2.85. The number of amides is 1. The van der Waals surface area contributed by atoms with Crippen molar-refractivity contribution in [2.24, 2.45) is 0 Å². The molecule has 1 N–H and O–H groups in total. The van der Waals surface area contributed by atoms with E-state index in [4.69, 9.17) is 9.47 Å². The number of nitrogens with one attached hydrogen (secondary N) is 1. The smallest absolute Gasteiger partial charge is 0.264 e. The lowest BCUT2D eigenvalue weighted by atomic mass is 9.86. The molecule has 190 valence electrons. The number of rotatable bonds is 7. The minimum Gasteiger partial charge on any atom is -0.492 e. The lowest BCUT2D eigenvalue weighted by molar-refractivity contribution is -0.127. The van der Waals surface area contributed by atoms with Gasteiger partial charge in [-0.25, -0.2) is 8.42 Å². The Morgan fingerprint density at radius 3 is 2.50 bits per heavy atom. The molecule has 0 fully saturated rings. The second-order valence-electron chi connectivity index (χ2n) is 9.84. The van der Waals surface area contributed by atoms with Crippen LogP contribution in [0.4, 0.5) is 5.69 Å². The second-order valence-corrected chi connectivity index (χ2v) is 11.7. The number of fused-ring (bicyclic) bond motifs is 1. The summed E-state index contributed by atoms with van der Waals surface area (Å²) in [6.07, 6.45) is -1.00. The van der Waals surface area contributed by atoms with Gasteiger partial charge in [0.05, 0.1) is 23.7 Å². The predicted octanol–water partition coefficient (Wildman–Crippen LogP) is 4.44. The third kappa shape index (κ3) is 5.65. The van der Waals surface area contributed by atoms with E-state index in [1.807, 2.05) is 43.3 Å². The van der Waals surface area contributed by atoms with E-state index in [2.05, 4.69) is 26.1 Å². The van der Waals surface area contributed by atoms with Crippen molar-refractivity contribution in [1.82, 2.24) is 5.32 Å². The zero-order chi connectivity index (χ0) is 25.9. The Balaban J connectivity index is 1.54. The molecule has 1 atom stereocenters. The summed E-state index contributed by atoms with van der Waals surface area (Å²) in [6.45, 7) is 8.55. The molecule has 7 nitrogen and oxygen atoms in total. The fraction of sp³-hybridized carbons (Fsp3) is 0.321. The number of aryl methyl sites for hydroxylation is 1. The van der Waals surface area contributed by atoms with Gasteiger partial charge in [-0.2, -0.15) is 0 Å². The van der Waals surface area contributed by atoms with E-state index in [0.717, 1.165) is 16.9 Å². The first kappa shape index (κ1) is 25.6. The van der Waals surface area contributed by atoms with Crippen molar-refractivity contribution >= 4 is 21.6 Å². The molecule has 0 spiro atoms. The van der Waals surface area contributed by atoms with Crippen LogP contribution in [0, 0.1) is 6.92 Å². The molecular formula is C28H32N2O5S. The number of ether oxygens (including phenoxy) is 2. The zero-order valence-electron chi connectivity index (χ0n) is 21.0. The Morgan fingerprint density at radius 2 is 1.81 bits per heavy atom. The molecular weight excluding hydrogens is 476 g/mol. The monoisotopic (exact) mass is 508 g/mol. The standard InChI is InChI=1S/C28H32N2O5S/c1-20-9-8-10-22(17-20)34-16-15-29-27(31)26-19-30(36(32,33)23-11-6-5-7-12-23)24-18-21(28(2,3)4)13-14-25(24)35-26/h5-14,17-18,26H,15-16,19H2,1-4H3,(H,29,31). The van der Waals surface area contributed by atoms with Crippen molar-refractivity contribution in [3.05, 3.63) is 83.9 Å². The van der Waals surface area contributed by atoms with E-state index >= 15 is 0 Å². The van der Waals surface area contributed by atoms with Crippen LogP contribution in [0.25, 0.3) is 0 Å². The summed E-state index contributed by atoms with van der Waals surface area (Å²) in [6, 6.07) is 21.4. The summed E-state index contributed by atoms with van der Waals surface area (Å²) in [5.41, 5.74) is 2.29. The molecule has 0 bridgehead atoms. The van der Waals surface area contributed by atoms with Crippen molar-refractivity contribution in [2.45, 2.75) is 44.1 Å². The summed E-state index contributed by atoms with van der Waals surface area (Å²) in [5, 5.41) is 2.81. The Morgan fingerprint density at radius 1 is 1.06 bits per heavy atom. The molecule has 4 rings (SSSR count). The summed E-state index contributed by atoms with van der Waals surface area (Å²) < 4.78 is 40.3. The van der Waals surface area contributed by atoms with Gasteiger partial charge in [0.25, 0.3) is 15.9 Å². The number of nitrogens with zero attached hydrogens (tertiary/aromatic N) is 1. The fourth-order valence-electron chi connectivity index (χ4n) is 3.96. The van der Waals surface area contributed by atoms with Crippen molar-refractivity contribution in [3.63, 3.8) is 0 Å². The van der Waals surface area contributed by atoms with E-state index in [1.54, 1.807) is 36.4 Å². The Hall–Kier alpha value is -3.52. The second kappa shape index (κ2) is 10.2. The Kier molecular flexibility index (Phi) is 7.26. The Labute approximate surface area is 213 Å². The molecule has 3 aromatic carbocycles. The van der Waals surface area contributed by atoms with Crippen LogP contribution in [0.15, 0.2) is 77.7 Å². The first-order chi connectivity index (χ1) is 17.1. The van der Waals surface area contributed by atoms with Crippen molar-refractivity contribution in [3.8, 4) is 11.5 Å². The lowest BCUT2D eigenvalue weighted by Gasteiger charge is -2.36. The maximum absolute atomic E-state index is 13.6. The molecule has 1 amide bonds. The summed E-state index contributed by atoms with van der Waals surface area (Å²) in [4.78, 5) is 13.2. The van der Waals surface area contributed by atoms with E-state index < -0.39 is 22.0 Å². The third-order valence-electron chi connectivity index (χ3n) is 5.98. The van der Waals surface area contributed by atoms with Gasteiger partial charge >= 0.3 is 0 Å². The van der Waals surface area contributed by atoms with Crippen LogP contribution in [0.1, 0.15) is 31.9 Å². The molecule has 0 saturated heterocycles. The van der Waals surface area contributed by atoms with E-state index in [1.165, 1.54) is 4.31 Å². The van der Waals surface area contributed by atoms with Gasteiger partial charge < -0.3 is 14.8 Å². The molecule has 1 heterocycles. The quantitative estimate of drug-likeness (QED) is 0.477. The van der Waals surface area contributed by atoms with Gasteiger partial charge in [-0.1, -0.05) is 57.2 Å². The van der Waals surface area contributed by atoms with Crippen molar-refractivity contribution < 1.29 is 22.7 Å². The van der Waals surface area contributed by atoms with Crippen molar-refractivity contribution in [2.75, 3.05) is 24.0 Å². The number of sulfonamides is 1. The minimum atomic E-state index is -3.92. The predicted molar refractivity (Wildman–Crippen MR) is 140 cm³/mol. The molecule has 1 aliphatic heterocycles. The first-order valence-electron chi connectivity index (χ1n) is 11.9. The molecule has 0 saturated carbocycles. The summed E-state index contributed by atoms with van der Waals surface area (Å²) >= 11 is 0. The molecule has 0 aliphatic carbocycles. The SMILES string of the molecule is Cc1cccc(OCCNC(=O)C2CN(S(=O)(=O)c3ccccc3)c3cc(C(C)(C)C)ccc3O2)c1. The van der Waals surface area contributed by atoms with E-state index in [9.17, 15) is 13.2 Å². The minimum absolute atomic E-state index is 0.137. The summed E-state index contributed by atoms with van der Waals surface area (Å²) in [7, 11) is -3.92. The topological polar surface area (TPSA) is 84.9 Å². The Bertz CT molecular complexity index is 1330. The maximum atomic E-state index is 13.6. The molecule has 0 radical (unpaired) electrons. The van der Waals surface area contributed by atoms with E-state index in [-0.39, 0.29) is 30.0 Å². The number of carbonyl (C=O) groups is 1. The molecule has 8 heteroatoms. The average molecular weight is 509 g/mol. The van der Waals surface area contributed by atoms with Gasteiger partial charge in [-0.3, -0.25) is 9.10 Å². The number of benzene rings is 3. The van der Waals surface area contributed by atoms with Gasteiger partial charge in [0.1, 0.15) is 18.1 Å². The normalized spacial score (nSPS) is 15.6. The summed E-state index contributed by atoms with van der Waals surface area (Å²) in [5.74, 6) is 0.674. The van der Waals surface area contributed by atoms with Gasteiger partial charge in [0, 0.05) is 0 Å². The zero-order valence-corrected chi connectivity index (χ0v) is 21.8. The number of hydrogen-bond donors (Lipinski definition) is 1. The number of carbonyl (C=O) groups excluding carboxylic acids is 1. The van der Waals surface area contributed by atoms with Crippen LogP contribution in [0.3, 0.4) is 0 Å². The highest BCUT2D eigenvalue weighted by molar-refractivity contribution is 7.92. The molecule has 36 heavy (non-hydrogen) atoms. The van der Waals surface area contributed by atoms with Crippen LogP contribution >= 0.6 is 0 Å². The first-order valence-corrected chi connectivity index (χ1v) is 13.4. The van der Waals surface area contributed by atoms with Crippen LogP contribution < -0.4 is 19.1 Å². The van der Waals surface area contributed by atoms with Gasteiger partial charge in [0.15, 0.2) is 6.10 Å². The molecule has 1 aliphatic rings. The van der Waals surface area contributed by atoms with Gasteiger partial charge in [0.2, 0.25) is 0 Å². The highest BCUT2D eigenvalue weighted by Gasteiger charge is 2.38. The number of hydrogen-bond acceptors (Lipinski definition) is 5. The largest absolute Gasteiger partial charge is 0.492 e.